The first kappa shape index (κ1) is 15.7. The van der Waals surface area contributed by atoms with Crippen LogP contribution >= 0.6 is 23.6 Å². The molecule has 3 rings (SSSR count). The van der Waals surface area contributed by atoms with E-state index in [2.05, 4.69) is 26.9 Å². The fraction of sp³-hybridized carbons (Fsp3) is 0.667. The van der Waals surface area contributed by atoms with E-state index in [1.54, 1.807) is 0 Å². The van der Waals surface area contributed by atoms with Crippen molar-refractivity contribution in [2.24, 2.45) is 0 Å². The normalized spacial score (nSPS) is 27.5. The number of thiazole rings is 1. The van der Waals surface area contributed by atoms with Crippen LogP contribution in [0.2, 0.25) is 0 Å². The predicted molar refractivity (Wildman–Crippen MR) is 89.7 cm³/mol. The van der Waals surface area contributed by atoms with E-state index in [9.17, 15) is 10.1 Å². The molecular formula is C12H19N6O2S2+. The number of hydrogen-bond donors (Lipinski definition) is 0. The topological polar surface area (TPSA) is 65.8 Å². The lowest BCUT2D eigenvalue weighted by atomic mass is 10.4. The van der Waals surface area contributed by atoms with E-state index in [-0.39, 0.29) is 5.00 Å². The van der Waals surface area contributed by atoms with Gasteiger partial charge in [-0.3, -0.25) is 10.1 Å². The van der Waals surface area contributed by atoms with Gasteiger partial charge in [0, 0.05) is 49.7 Å². The molecule has 1 aromatic heterocycles. The van der Waals surface area contributed by atoms with Crippen LogP contribution in [-0.2, 0) is 0 Å². The average molecular weight is 343 g/mol. The van der Waals surface area contributed by atoms with Gasteiger partial charge in [-0.25, -0.2) is 14.5 Å². The van der Waals surface area contributed by atoms with Gasteiger partial charge in [0.2, 0.25) is 0 Å². The fourth-order valence-corrected chi connectivity index (χ4v) is 4.08. The van der Waals surface area contributed by atoms with Gasteiger partial charge >= 0.3 is 5.00 Å². The largest absolute Gasteiger partial charge is 0.349 e. The number of hydrogen-bond acceptors (Lipinski definition) is 7. The van der Waals surface area contributed by atoms with Crippen LogP contribution < -0.4 is 4.48 Å². The van der Waals surface area contributed by atoms with Gasteiger partial charge in [-0.1, -0.05) is 0 Å². The maximum atomic E-state index is 10.9. The molecule has 2 saturated heterocycles. The van der Waals surface area contributed by atoms with E-state index >= 15 is 0 Å². The molecular weight excluding hydrogens is 324 g/mol. The molecule has 0 radical (unpaired) electrons. The minimum Gasteiger partial charge on any atom is -0.304 e. The summed E-state index contributed by atoms with van der Waals surface area (Å²) in [7, 11) is 4.11. The van der Waals surface area contributed by atoms with Crippen molar-refractivity contribution >= 4 is 38.8 Å². The van der Waals surface area contributed by atoms with Crippen molar-refractivity contribution in [3.63, 3.8) is 0 Å². The fourth-order valence-electron chi connectivity index (χ4n) is 2.79. The van der Waals surface area contributed by atoms with Crippen LogP contribution in [0.15, 0.2) is 6.20 Å². The number of hydrazine groups is 1. The van der Waals surface area contributed by atoms with E-state index < -0.39 is 4.92 Å². The van der Waals surface area contributed by atoms with Gasteiger partial charge in [0.15, 0.2) is 0 Å². The molecule has 1 unspecified atom stereocenters. The molecule has 2 fully saturated rings. The van der Waals surface area contributed by atoms with Gasteiger partial charge in [-0.2, -0.15) is 4.98 Å². The Kier molecular flexibility index (Phi) is 4.12. The maximum Gasteiger partial charge on any atom is 0.349 e. The van der Waals surface area contributed by atoms with Gasteiger partial charge in [0.25, 0.3) is 10.2 Å². The summed E-state index contributed by atoms with van der Waals surface area (Å²) in [4.78, 5) is 17.0. The van der Waals surface area contributed by atoms with Crippen LogP contribution in [-0.4, -0.2) is 83.3 Å². The number of aromatic nitrogens is 1. The maximum absolute atomic E-state index is 10.9. The molecule has 1 aromatic rings. The Balaban J connectivity index is 1.78. The molecule has 8 nitrogen and oxygen atoms in total. The Morgan fingerprint density at radius 1 is 1.36 bits per heavy atom. The summed E-state index contributed by atoms with van der Waals surface area (Å²) in [5, 5.41) is 16.8. The summed E-state index contributed by atoms with van der Waals surface area (Å²) >= 11 is 6.79. The smallest absolute Gasteiger partial charge is 0.304 e. The van der Waals surface area contributed by atoms with Crippen molar-refractivity contribution in [1.29, 1.82) is 0 Å². The molecule has 0 aliphatic carbocycles. The minimum atomic E-state index is -0.398. The van der Waals surface area contributed by atoms with Crippen LogP contribution in [0.3, 0.4) is 0 Å². The summed E-state index contributed by atoms with van der Waals surface area (Å²) < 4.78 is 0.375. The molecule has 0 spiro atoms. The van der Waals surface area contributed by atoms with Crippen LogP contribution in [0.5, 0.6) is 0 Å². The Morgan fingerprint density at radius 3 is 2.64 bits per heavy atom. The second-order valence-electron chi connectivity index (χ2n) is 5.82. The summed E-state index contributed by atoms with van der Waals surface area (Å²) in [5.74, 6) is 0. The van der Waals surface area contributed by atoms with Crippen molar-refractivity contribution in [2.75, 3.05) is 53.4 Å². The number of nitro groups is 1. The summed E-state index contributed by atoms with van der Waals surface area (Å²) in [5.41, 5.74) is 0. The van der Waals surface area contributed by atoms with Crippen molar-refractivity contribution < 1.29 is 4.92 Å². The predicted octanol–water partition coefficient (Wildman–Crippen LogP) is 0.751. The molecule has 120 valence electrons. The standard InChI is InChI=1S/C12H19N6O2S2/c1-14-3-5-15(6-4-14)16-7-8-18(2,12(16)21)11-13-9-10(22-11)17(19)20/h9H,3-8H2,1-2H3/q+1. The first-order valence-corrected chi connectivity index (χ1v) is 8.36. The molecule has 0 N–H and O–H groups in total. The van der Waals surface area contributed by atoms with Crippen molar-refractivity contribution in [3.8, 4) is 0 Å². The molecule has 2 aliphatic heterocycles. The van der Waals surface area contributed by atoms with Crippen molar-refractivity contribution in [3.05, 3.63) is 16.3 Å². The summed E-state index contributed by atoms with van der Waals surface area (Å²) in [6, 6.07) is 0. The highest BCUT2D eigenvalue weighted by Crippen LogP contribution is 2.35. The second-order valence-corrected chi connectivity index (χ2v) is 7.17. The Labute approximate surface area is 138 Å². The lowest BCUT2D eigenvalue weighted by Crippen LogP contribution is -2.56. The zero-order valence-corrected chi connectivity index (χ0v) is 14.3. The van der Waals surface area contributed by atoms with Gasteiger partial charge < -0.3 is 4.90 Å². The van der Waals surface area contributed by atoms with Gasteiger partial charge in [-0.15, -0.1) is 0 Å². The number of nitrogens with zero attached hydrogens (tertiary/aromatic N) is 6. The van der Waals surface area contributed by atoms with Crippen molar-refractivity contribution in [1.82, 2.24) is 24.4 Å². The van der Waals surface area contributed by atoms with Gasteiger partial charge in [0.1, 0.15) is 12.7 Å². The molecule has 10 heteroatoms. The molecule has 3 heterocycles. The Hall–Kier alpha value is -1.20. The van der Waals surface area contributed by atoms with Crippen LogP contribution in [0.1, 0.15) is 0 Å². The SMILES string of the molecule is CN1CCN(N2CC[N+](C)(c3ncc([N+](=O)[O-])s3)C2=S)CC1. The summed E-state index contributed by atoms with van der Waals surface area (Å²) in [6.07, 6.45) is 1.32. The number of piperazine rings is 1. The quantitative estimate of drug-likeness (QED) is 0.347. The number of likely N-dealkylation sites (N-methyl/N-ethyl adjacent to an activating group) is 2. The van der Waals surface area contributed by atoms with Crippen LogP contribution in [0.4, 0.5) is 10.1 Å². The van der Waals surface area contributed by atoms with E-state index in [0.29, 0.717) is 9.61 Å². The van der Waals surface area contributed by atoms with E-state index in [1.807, 2.05) is 7.05 Å². The molecule has 0 bridgehead atoms. The second kappa shape index (κ2) is 5.78. The highest BCUT2D eigenvalue weighted by atomic mass is 32.1. The third-order valence-corrected chi connectivity index (χ3v) is 6.07. The third-order valence-electron chi connectivity index (χ3n) is 4.31. The minimum absolute atomic E-state index is 0.0650. The third kappa shape index (κ3) is 2.61. The van der Waals surface area contributed by atoms with Crippen LogP contribution in [0.25, 0.3) is 0 Å². The van der Waals surface area contributed by atoms with Crippen LogP contribution in [0, 0.1) is 10.1 Å². The number of thiocarbonyl (C=S) groups is 1. The lowest BCUT2D eigenvalue weighted by molar-refractivity contribution is -0.380. The molecule has 0 aromatic carbocycles. The van der Waals surface area contributed by atoms with E-state index in [4.69, 9.17) is 12.2 Å². The molecule has 22 heavy (non-hydrogen) atoms. The highest BCUT2D eigenvalue weighted by Gasteiger charge is 2.46. The average Bonchev–Trinajstić information content (AvgIpc) is 3.08. The first-order valence-electron chi connectivity index (χ1n) is 7.13. The van der Waals surface area contributed by atoms with Crippen molar-refractivity contribution in [2.45, 2.75) is 0 Å². The van der Waals surface area contributed by atoms with Gasteiger partial charge in [0.05, 0.1) is 18.5 Å². The molecule has 0 saturated carbocycles. The molecule has 0 amide bonds. The van der Waals surface area contributed by atoms with Gasteiger partial charge in [-0.05, 0) is 7.05 Å². The molecule has 1 atom stereocenters. The zero-order chi connectivity index (χ0) is 15.9. The van der Waals surface area contributed by atoms with E-state index in [1.165, 1.54) is 6.20 Å². The first-order chi connectivity index (χ1) is 10.4. The monoisotopic (exact) mass is 343 g/mol. The Bertz CT molecular complexity index is 600. The van der Waals surface area contributed by atoms with E-state index in [0.717, 1.165) is 55.7 Å². The number of quaternary nitrogens is 1. The summed E-state index contributed by atoms with van der Waals surface area (Å²) in [6.45, 7) is 5.56. The number of rotatable bonds is 3. The zero-order valence-electron chi connectivity index (χ0n) is 12.6. The Morgan fingerprint density at radius 2 is 2.05 bits per heavy atom. The lowest BCUT2D eigenvalue weighted by Gasteiger charge is -2.38. The molecule has 2 aliphatic rings. The highest BCUT2D eigenvalue weighted by molar-refractivity contribution is 7.80.